The van der Waals surface area contributed by atoms with Gasteiger partial charge in [0, 0.05) is 65.4 Å². The number of rotatable bonds is 1. The van der Waals surface area contributed by atoms with Crippen LogP contribution in [0.4, 0.5) is 0 Å². The molecule has 0 aliphatic heterocycles. The summed E-state index contributed by atoms with van der Waals surface area (Å²) in [6.45, 7) is 29.6. The molecule has 2 radical (unpaired) electrons. The summed E-state index contributed by atoms with van der Waals surface area (Å²) < 4.78 is 0. The Kier molecular flexibility index (Phi) is 36.4. The van der Waals surface area contributed by atoms with Crippen LogP contribution >= 0.6 is 0 Å². The third-order valence-electron chi connectivity index (χ3n) is 3.23. The van der Waals surface area contributed by atoms with Gasteiger partial charge in [-0.05, 0) is 10.8 Å². The Bertz CT molecular complexity index is 735. The van der Waals surface area contributed by atoms with Gasteiger partial charge in [0.2, 0.25) is 0 Å². The van der Waals surface area contributed by atoms with Crippen LogP contribution in [0.1, 0.15) is 102 Å². The van der Waals surface area contributed by atoms with Crippen molar-refractivity contribution in [2.75, 3.05) is 0 Å². The summed E-state index contributed by atoms with van der Waals surface area (Å²) in [6, 6.07) is 33.5. The number of benzene rings is 3. The molecule has 0 unspecified atom stereocenters. The Hall–Kier alpha value is -0.132. The first-order valence-corrected chi connectivity index (χ1v) is 13.0. The Morgan fingerprint density at radius 3 is 0.946 bits per heavy atom. The van der Waals surface area contributed by atoms with Crippen molar-refractivity contribution in [1.29, 1.82) is 0 Å². The number of hydrogen-bond acceptors (Lipinski definition) is 0. The van der Waals surface area contributed by atoms with Crippen LogP contribution in [0.2, 0.25) is 0 Å². The fourth-order valence-corrected chi connectivity index (χ4v) is 1.98. The molecule has 0 saturated carbocycles. The van der Waals surface area contributed by atoms with Gasteiger partial charge in [0.15, 0.2) is 0 Å². The first-order valence-electron chi connectivity index (χ1n) is 13.0. The summed E-state index contributed by atoms with van der Waals surface area (Å²) in [7, 11) is 0. The van der Waals surface area contributed by atoms with Crippen LogP contribution in [0.5, 0.6) is 0 Å². The third-order valence-corrected chi connectivity index (χ3v) is 3.23. The van der Waals surface area contributed by atoms with Crippen molar-refractivity contribution in [2.45, 2.75) is 102 Å². The van der Waals surface area contributed by atoms with E-state index in [0.29, 0.717) is 5.41 Å². The zero-order valence-electron chi connectivity index (χ0n) is 26.6. The summed E-state index contributed by atoms with van der Waals surface area (Å²) in [6.07, 6.45) is 0. The molecule has 0 saturated heterocycles. The van der Waals surface area contributed by atoms with E-state index in [4.69, 9.17) is 0 Å². The van der Waals surface area contributed by atoms with Crippen molar-refractivity contribution in [3.05, 3.63) is 102 Å². The first-order chi connectivity index (χ1) is 16.3. The smallest absolute Gasteiger partial charge is 0 e. The fourth-order valence-electron chi connectivity index (χ4n) is 1.98. The second-order valence-corrected chi connectivity index (χ2v) is 10.6. The monoisotopic (exact) mass is 652 g/mol. The predicted octanol–water partition coefficient (Wildman–Crippen LogP) is 11.5. The third kappa shape index (κ3) is 35.9. The number of hydrogen-bond donors (Lipinski definition) is 0. The van der Waals surface area contributed by atoms with Gasteiger partial charge >= 0.3 is 0 Å². The van der Waals surface area contributed by atoms with Gasteiger partial charge in [-0.1, -0.05) is 76.2 Å². The minimum atomic E-state index is 0. The van der Waals surface area contributed by atoms with Crippen LogP contribution in [0.3, 0.4) is 0 Å². The van der Waals surface area contributed by atoms with E-state index >= 15 is 0 Å². The zero-order valence-corrected chi connectivity index (χ0v) is 32.3. The van der Waals surface area contributed by atoms with Gasteiger partial charge in [-0.2, -0.15) is 105 Å². The van der Waals surface area contributed by atoms with Gasteiger partial charge in [0.1, 0.15) is 0 Å². The summed E-state index contributed by atoms with van der Waals surface area (Å²) >= 11 is 0. The molecule has 0 aromatic heterocycles. The van der Waals surface area contributed by atoms with Crippen molar-refractivity contribution >= 4 is 0 Å². The van der Waals surface area contributed by atoms with Crippen molar-refractivity contribution in [1.82, 2.24) is 0 Å². The summed E-state index contributed by atoms with van der Waals surface area (Å²) in [4.78, 5) is 0. The molecule has 2 heteroatoms. The van der Waals surface area contributed by atoms with E-state index < -0.39 is 0 Å². The Labute approximate surface area is 284 Å². The largest absolute Gasteiger partial charge is 0.323 e. The SMILES string of the molecule is CC.CC.CC(C)(C)C.CC(C)(C)c1[c-]cccc1.C[C-](C)C.[Y].[Y].[c-]1ccccc1-c1[c-]cccc1. The fraction of sp³-hybridized carbons (Fsp3) is 0.457. The average Bonchev–Trinajstić information content (AvgIpc) is 2.82. The van der Waals surface area contributed by atoms with E-state index in [1.807, 2.05) is 88.4 Å². The van der Waals surface area contributed by atoms with Crippen LogP contribution in [-0.4, -0.2) is 0 Å². The molecule has 37 heavy (non-hydrogen) atoms. The molecule has 0 spiro atoms. The first kappa shape index (κ1) is 46.7. The molecule has 3 aromatic carbocycles. The maximum Gasteiger partial charge on any atom is 0 e. The molecule has 0 heterocycles. The second kappa shape index (κ2) is 28.9. The zero-order chi connectivity index (χ0) is 27.9. The molecule has 204 valence electrons. The van der Waals surface area contributed by atoms with Gasteiger partial charge in [-0.3, -0.25) is 0 Å². The standard InChI is InChI=1S/C12H8.C10H13.C5H12.C4H9.2C2H6.2Y/c1-3-7-11(8-4-1)12-9-5-2-6-10-12;1-10(2,3)9-7-5-4-6-8-9;1-5(2,3)4;1-4(2)3;2*1-2;;/h1-7,9H;4-7H,1-3H3;1-4H3;1-3H3;2*1-2H3;;/q-2;-1;;-1;;;;. The Balaban J connectivity index is -0.000000124. The molecule has 0 fully saturated rings. The van der Waals surface area contributed by atoms with Gasteiger partial charge in [0.05, 0.1) is 0 Å². The maximum absolute atomic E-state index is 3.21. The molecule has 0 atom stereocenters. The van der Waals surface area contributed by atoms with Gasteiger partial charge in [-0.15, -0.1) is 12.1 Å². The van der Waals surface area contributed by atoms with Crippen LogP contribution in [0, 0.1) is 29.5 Å². The maximum atomic E-state index is 3.21. The molecular weight excluding hydrogens is 598 g/mol. The van der Waals surface area contributed by atoms with E-state index in [1.165, 1.54) is 11.5 Å². The molecule has 0 aliphatic carbocycles. The molecule has 0 bridgehead atoms. The van der Waals surface area contributed by atoms with Crippen LogP contribution in [-0.2, 0) is 70.8 Å². The normalized spacial score (nSPS) is 9.16. The summed E-state index contributed by atoms with van der Waals surface area (Å²) in [5.41, 5.74) is 4.20. The minimum absolute atomic E-state index is 0. The second-order valence-electron chi connectivity index (χ2n) is 10.6. The van der Waals surface area contributed by atoms with Gasteiger partial charge in [0.25, 0.3) is 0 Å². The summed E-state index contributed by atoms with van der Waals surface area (Å²) in [5.74, 6) is 1.42. The molecule has 0 aliphatic rings. The molecule has 0 amide bonds. The van der Waals surface area contributed by atoms with Crippen LogP contribution < -0.4 is 0 Å². The predicted molar refractivity (Wildman–Crippen MR) is 162 cm³/mol. The topological polar surface area (TPSA) is 0 Å². The van der Waals surface area contributed by atoms with Crippen molar-refractivity contribution in [3.8, 4) is 11.1 Å². The van der Waals surface area contributed by atoms with E-state index in [0.717, 1.165) is 11.1 Å². The Morgan fingerprint density at radius 2 is 0.784 bits per heavy atom. The molecule has 3 aromatic rings. The van der Waals surface area contributed by atoms with Crippen molar-refractivity contribution in [2.24, 2.45) is 5.41 Å². The van der Waals surface area contributed by atoms with Crippen LogP contribution in [0.15, 0.2) is 72.8 Å². The van der Waals surface area contributed by atoms with Crippen molar-refractivity contribution < 1.29 is 65.4 Å². The molecule has 0 N–H and O–H groups in total. The van der Waals surface area contributed by atoms with Crippen LogP contribution in [0.25, 0.3) is 11.1 Å². The molecule has 3 rings (SSSR count). The van der Waals surface area contributed by atoms with E-state index in [1.54, 1.807) is 0 Å². The van der Waals surface area contributed by atoms with E-state index in [2.05, 4.69) is 99.6 Å². The van der Waals surface area contributed by atoms with Gasteiger partial charge < -0.3 is 5.92 Å². The summed E-state index contributed by atoms with van der Waals surface area (Å²) in [5, 5.41) is 0. The van der Waals surface area contributed by atoms with Crippen molar-refractivity contribution in [3.63, 3.8) is 0 Å². The average molecular weight is 653 g/mol. The van der Waals surface area contributed by atoms with Gasteiger partial charge in [-0.25, -0.2) is 11.1 Å². The molecular formula is C35H54Y2-4. The minimum Gasteiger partial charge on any atom is -0.323 e. The van der Waals surface area contributed by atoms with E-state index in [9.17, 15) is 0 Å². The quantitative estimate of drug-likeness (QED) is 0.230. The molecule has 0 nitrogen and oxygen atoms in total. The Morgan fingerprint density at radius 1 is 0.514 bits per heavy atom. The van der Waals surface area contributed by atoms with E-state index in [-0.39, 0.29) is 70.8 Å².